The minimum absolute atomic E-state index is 0.341. The van der Waals surface area contributed by atoms with Gasteiger partial charge in [-0.15, -0.1) is 0 Å². The van der Waals surface area contributed by atoms with Gasteiger partial charge in [-0.2, -0.15) is 9.65 Å². The molecule has 0 atom stereocenters. The van der Waals surface area contributed by atoms with Gasteiger partial charge in [0.1, 0.15) is 11.9 Å². The first kappa shape index (κ1) is 13.5. The van der Waals surface area contributed by atoms with Crippen LogP contribution >= 0.6 is 15.9 Å². The number of anilines is 2. The lowest BCUT2D eigenvalue weighted by molar-refractivity contribution is 0.586. The molecule has 0 amide bonds. The maximum atomic E-state index is 13.1. The fourth-order valence-electron chi connectivity index (χ4n) is 1.93. The normalized spacial score (nSPS) is 10.3. The monoisotopic (exact) mass is 342 g/mol. The van der Waals surface area contributed by atoms with E-state index in [1.54, 1.807) is 6.07 Å². The van der Waals surface area contributed by atoms with Crippen molar-refractivity contribution in [1.29, 1.82) is 5.26 Å². The van der Waals surface area contributed by atoms with E-state index < -0.39 is 5.95 Å². The molecule has 0 aliphatic heterocycles. The van der Waals surface area contributed by atoms with E-state index in [0.717, 1.165) is 10.2 Å². The highest BCUT2D eigenvalue weighted by Crippen LogP contribution is 2.24. The first-order chi connectivity index (χ1) is 10.2. The Bertz CT molecular complexity index is 873. The Morgan fingerprint density at radius 3 is 2.86 bits per heavy atom. The van der Waals surface area contributed by atoms with Gasteiger partial charge in [0.25, 0.3) is 0 Å². The van der Waals surface area contributed by atoms with Gasteiger partial charge in [0.2, 0.25) is 5.95 Å². The molecule has 3 rings (SSSR count). The maximum absolute atomic E-state index is 13.1. The summed E-state index contributed by atoms with van der Waals surface area (Å²) >= 11 is 3.38. The average molecular weight is 343 g/mol. The van der Waals surface area contributed by atoms with Crippen LogP contribution < -0.4 is 5.32 Å². The Kier molecular flexibility index (Phi) is 3.50. The maximum Gasteiger partial charge on any atom is 0.213 e. The topological polar surface area (TPSA) is 61.6 Å². The number of nitrogens with one attached hydrogen (secondary N) is 1. The molecule has 0 spiro atoms. The van der Waals surface area contributed by atoms with Crippen LogP contribution in [0.2, 0.25) is 0 Å². The van der Waals surface area contributed by atoms with E-state index in [9.17, 15) is 9.65 Å². The fourth-order valence-corrected chi connectivity index (χ4v) is 2.33. The number of hydrogen-bond donors (Lipinski definition) is 1. The fraction of sp³-hybridized carbons (Fsp3) is 0. The molecule has 4 nitrogen and oxygen atoms in total. The summed E-state index contributed by atoms with van der Waals surface area (Å²) in [6.45, 7) is 0. The molecule has 0 fully saturated rings. The highest BCUT2D eigenvalue weighted by Gasteiger charge is 2.08. The van der Waals surface area contributed by atoms with Gasteiger partial charge in [0.05, 0.1) is 17.3 Å². The molecule has 0 aliphatic rings. The molecule has 0 unspecified atom stereocenters. The Labute approximate surface area is 128 Å². The average Bonchev–Trinajstić information content (AvgIpc) is 2.47. The molecule has 0 bridgehead atoms. The number of nitriles is 1. The van der Waals surface area contributed by atoms with E-state index in [2.05, 4.69) is 37.3 Å². The van der Waals surface area contributed by atoms with Crippen LogP contribution in [-0.4, -0.2) is 9.97 Å². The van der Waals surface area contributed by atoms with E-state index in [-0.39, 0.29) is 0 Å². The number of fused-ring (bicyclic) bond motifs is 1. The van der Waals surface area contributed by atoms with Crippen LogP contribution in [0.25, 0.3) is 10.9 Å². The molecule has 1 aromatic carbocycles. The zero-order valence-electron chi connectivity index (χ0n) is 10.6. The summed E-state index contributed by atoms with van der Waals surface area (Å²) in [6, 6.07) is 12.4. The second kappa shape index (κ2) is 5.46. The molecule has 3 aromatic rings. The van der Waals surface area contributed by atoms with Crippen molar-refractivity contribution in [2.75, 3.05) is 5.32 Å². The molecule has 0 saturated heterocycles. The van der Waals surface area contributed by atoms with Crippen molar-refractivity contribution in [2.24, 2.45) is 0 Å². The van der Waals surface area contributed by atoms with Crippen LogP contribution in [0.5, 0.6) is 0 Å². The Balaban J connectivity index is 2.09. The first-order valence-corrected chi connectivity index (χ1v) is 6.84. The zero-order valence-corrected chi connectivity index (χ0v) is 12.2. The third-order valence-corrected chi connectivity index (χ3v) is 3.37. The van der Waals surface area contributed by atoms with Crippen molar-refractivity contribution in [3.05, 3.63) is 58.6 Å². The Hall–Kier alpha value is -2.52. The number of nitrogens with zero attached hydrogens (tertiary/aromatic N) is 3. The molecule has 0 aliphatic carbocycles. The van der Waals surface area contributed by atoms with E-state index in [1.807, 2.05) is 24.3 Å². The summed E-state index contributed by atoms with van der Waals surface area (Å²) in [6.07, 6.45) is 1.35. The van der Waals surface area contributed by atoms with Gasteiger partial charge in [-0.05, 0) is 24.3 Å². The molecule has 1 N–H and O–H groups in total. The van der Waals surface area contributed by atoms with Crippen LogP contribution in [-0.2, 0) is 0 Å². The highest BCUT2D eigenvalue weighted by molar-refractivity contribution is 9.10. The second-order valence-electron chi connectivity index (χ2n) is 4.33. The standard InChI is InChI=1S/C15H8BrFN4/c16-11-2-1-3-12(6-11)20-15-10(7-18)4-9-5-14(17)19-8-13(9)21-15/h1-6,8H,(H,20,21). The number of hydrogen-bond acceptors (Lipinski definition) is 4. The lowest BCUT2D eigenvalue weighted by Gasteiger charge is -2.09. The smallest absolute Gasteiger partial charge is 0.213 e. The SMILES string of the molecule is N#Cc1cc2cc(F)ncc2nc1Nc1cccc(Br)c1. The van der Waals surface area contributed by atoms with E-state index in [1.165, 1.54) is 12.3 Å². The van der Waals surface area contributed by atoms with Gasteiger partial charge in [-0.25, -0.2) is 9.97 Å². The largest absolute Gasteiger partial charge is 0.339 e. The van der Waals surface area contributed by atoms with Crippen molar-refractivity contribution in [3.63, 3.8) is 0 Å². The van der Waals surface area contributed by atoms with Crippen molar-refractivity contribution in [2.45, 2.75) is 0 Å². The summed E-state index contributed by atoms with van der Waals surface area (Å²) in [7, 11) is 0. The molecule has 2 heterocycles. The summed E-state index contributed by atoms with van der Waals surface area (Å²) < 4.78 is 14.0. The second-order valence-corrected chi connectivity index (χ2v) is 5.25. The van der Waals surface area contributed by atoms with Crippen LogP contribution in [0.4, 0.5) is 15.9 Å². The molecule has 2 aromatic heterocycles. The first-order valence-electron chi connectivity index (χ1n) is 6.05. The minimum atomic E-state index is -0.596. The minimum Gasteiger partial charge on any atom is -0.339 e. The van der Waals surface area contributed by atoms with Gasteiger partial charge < -0.3 is 5.32 Å². The molecule has 0 radical (unpaired) electrons. The number of benzene rings is 1. The number of rotatable bonds is 2. The van der Waals surface area contributed by atoms with Crippen LogP contribution in [0.3, 0.4) is 0 Å². The van der Waals surface area contributed by atoms with Gasteiger partial charge in [-0.3, -0.25) is 0 Å². The van der Waals surface area contributed by atoms with Crippen molar-refractivity contribution in [3.8, 4) is 6.07 Å². The lowest BCUT2D eigenvalue weighted by Crippen LogP contribution is -1.98. The van der Waals surface area contributed by atoms with Gasteiger partial charge in [0.15, 0.2) is 0 Å². The molecular formula is C15H8BrFN4. The van der Waals surface area contributed by atoms with E-state index >= 15 is 0 Å². The summed E-state index contributed by atoms with van der Waals surface area (Å²) in [5.74, 6) is -0.183. The van der Waals surface area contributed by atoms with E-state index in [4.69, 9.17) is 0 Å². The van der Waals surface area contributed by atoms with Gasteiger partial charge in [-0.1, -0.05) is 22.0 Å². The number of aromatic nitrogens is 2. The van der Waals surface area contributed by atoms with Crippen molar-refractivity contribution >= 4 is 38.3 Å². The lowest BCUT2D eigenvalue weighted by atomic mass is 10.2. The van der Waals surface area contributed by atoms with Crippen molar-refractivity contribution < 1.29 is 4.39 Å². The summed E-state index contributed by atoms with van der Waals surface area (Å²) in [5.41, 5.74) is 1.66. The van der Waals surface area contributed by atoms with Crippen LogP contribution in [0.1, 0.15) is 5.56 Å². The zero-order chi connectivity index (χ0) is 14.8. The molecule has 6 heteroatoms. The highest BCUT2D eigenvalue weighted by atomic mass is 79.9. The molecular weight excluding hydrogens is 335 g/mol. The number of pyridine rings is 2. The number of halogens is 2. The predicted molar refractivity (Wildman–Crippen MR) is 81.6 cm³/mol. The quantitative estimate of drug-likeness (QED) is 0.710. The summed E-state index contributed by atoms with van der Waals surface area (Å²) in [5, 5.41) is 12.9. The van der Waals surface area contributed by atoms with Gasteiger partial charge >= 0.3 is 0 Å². The Morgan fingerprint density at radius 2 is 2.10 bits per heavy atom. The third kappa shape index (κ3) is 2.83. The van der Waals surface area contributed by atoms with Crippen LogP contribution in [0.15, 0.2) is 47.1 Å². The third-order valence-electron chi connectivity index (χ3n) is 2.88. The predicted octanol–water partition coefficient (Wildman–Crippen LogP) is 4.15. The van der Waals surface area contributed by atoms with Crippen LogP contribution in [0, 0.1) is 17.3 Å². The van der Waals surface area contributed by atoms with Gasteiger partial charge in [0, 0.05) is 21.6 Å². The molecule has 102 valence electrons. The van der Waals surface area contributed by atoms with E-state index in [0.29, 0.717) is 22.3 Å². The summed E-state index contributed by atoms with van der Waals surface area (Å²) in [4.78, 5) is 7.91. The molecule has 0 saturated carbocycles. The molecule has 21 heavy (non-hydrogen) atoms. The van der Waals surface area contributed by atoms with Crippen molar-refractivity contribution in [1.82, 2.24) is 9.97 Å². The Morgan fingerprint density at radius 1 is 1.24 bits per heavy atom.